The number of halogens is 2. The van der Waals surface area contributed by atoms with Gasteiger partial charge >= 0.3 is 5.97 Å². The Morgan fingerprint density at radius 1 is 0.812 bits per heavy atom. The highest BCUT2D eigenvalue weighted by Gasteiger charge is 2.18. The van der Waals surface area contributed by atoms with Crippen molar-refractivity contribution in [2.45, 2.75) is 0 Å². The highest BCUT2D eigenvalue weighted by Crippen LogP contribution is 2.34. The minimum Gasteiger partial charge on any atom is -0.504 e. The first-order valence-electron chi connectivity index (χ1n) is 9.38. The number of fused-ring (bicyclic) bond motifs is 3. The van der Waals surface area contributed by atoms with Gasteiger partial charge < -0.3 is 19.7 Å². The third-order valence-corrected chi connectivity index (χ3v) is 4.84. The molecule has 0 unspecified atom stereocenters. The first kappa shape index (κ1) is 23.2. The molecule has 0 bridgehead atoms. The number of phenolic OH excluding ortho intramolecular Hbond substituents is 2. The summed E-state index contributed by atoms with van der Waals surface area (Å²) in [7, 11) is 0. The highest BCUT2D eigenvalue weighted by molar-refractivity contribution is 6.67. The molecule has 6 nitrogen and oxygen atoms in total. The van der Waals surface area contributed by atoms with E-state index in [-0.39, 0.29) is 30.0 Å². The molecule has 0 aromatic heterocycles. The fourth-order valence-corrected chi connectivity index (χ4v) is 2.90. The number of alkyl halides is 1. The molecule has 2 N–H and O–H groups in total. The van der Waals surface area contributed by atoms with Gasteiger partial charge in [0.25, 0.3) is 0 Å². The number of aromatic hydroxyl groups is 2. The number of carbonyl (C=O) groups is 2. The van der Waals surface area contributed by atoms with Crippen LogP contribution in [0.1, 0.15) is 0 Å². The molecule has 0 radical (unpaired) electrons. The predicted octanol–water partition coefficient (Wildman–Crippen LogP) is 5.38. The number of benzene rings is 4. The number of ether oxygens (including phenoxy) is 2. The van der Waals surface area contributed by atoms with Crippen molar-refractivity contribution in [2.24, 2.45) is 0 Å². The van der Waals surface area contributed by atoms with Gasteiger partial charge in [-0.2, -0.15) is 0 Å². The molecule has 0 saturated carbocycles. The summed E-state index contributed by atoms with van der Waals surface area (Å²) in [6, 6.07) is 22.2. The summed E-state index contributed by atoms with van der Waals surface area (Å²) in [5.74, 6) is 0.542. The number of rotatable bonds is 1. The molecule has 0 saturated heterocycles. The van der Waals surface area contributed by atoms with E-state index in [1.165, 1.54) is 0 Å². The van der Waals surface area contributed by atoms with E-state index >= 15 is 0 Å². The van der Waals surface area contributed by atoms with E-state index < -0.39 is 5.24 Å². The van der Waals surface area contributed by atoms with E-state index in [4.69, 9.17) is 42.9 Å². The summed E-state index contributed by atoms with van der Waals surface area (Å²) in [6.45, 7) is -0.00859. The van der Waals surface area contributed by atoms with Crippen LogP contribution < -0.4 is 9.47 Å². The minimum absolute atomic E-state index is 0.00859. The summed E-state index contributed by atoms with van der Waals surface area (Å²) < 4.78 is 10.3. The van der Waals surface area contributed by atoms with Crippen molar-refractivity contribution in [3.63, 3.8) is 0 Å². The van der Waals surface area contributed by atoms with Crippen LogP contribution in [0.5, 0.6) is 23.0 Å². The van der Waals surface area contributed by atoms with Crippen molar-refractivity contribution in [2.75, 3.05) is 12.5 Å². The molecule has 4 aromatic carbocycles. The lowest BCUT2D eigenvalue weighted by Gasteiger charge is -2.17. The number of phenols is 2. The molecule has 164 valence electrons. The monoisotopic (exact) mass is 472 g/mol. The average molecular weight is 473 g/mol. The standard InChI is InChI=1S/C12H8O3.C10H8O2.C2H2Cl2O/c13-12-7-14-10-5-8-3-1-2-4-9(8)6-11(10)15-12;11-9-5-7-3-1-2-4-8(7)6-10(9)12;3-1-2(4)5/h1-6H,7H2;1-6,11-12H;1H2. The van der Waals surface area contributed by atoms with Gasteiger partial charge in [0.2, 0.25) is 5.24 Å². The molecule has 1 aliphatic rings. The molecule has 0 amide bonds. The summed E-state index contributed by atoms with van der Waals surface area (Å²) in [4.78, 5) is 20.5. The van der Waals surface area contributed by atoms with Gasteiger partial charge in [0.05, 0.1) is 5.88 Å². The molecule has 8 heteroatoms. The lowest BCUT2D eigenvalue weighted by Crippen LogP contribution is -2.22. The zero-order valence-electron chi connectivity index (χ0n) is 16.6. The SMILES string of the molecule is O=C(Cl)CCl.O=C1COc2cc3ccccc3cc2O1.Oc1cc2ccccc2cc1O. The molecular weight excluding hydrogens is 455 g/mol. The molecule has 0 aliphatic carbocycles. The van der Waals surface area contributed by atoms with Gasteiger partial charge in [-0.1, -0.05) is 48.5 Å². The normalized spacial score (nSPS) is 11.8. The van der Waals surface area contributed by atoms with Gasteiger partial charge in [0, 0.05) is 0 Å². The van der Waals surface area contributed by atoms with Crippen LogP contribution in [0.3, 0.4) is 0 Å². The maximum absolute atomic E-state index is 11.0. The lowest BCUT2D eigenvalue weighted by molar-refractivity contribution is -0.138. The van der Waals surface area contributed by atoms with Crippen LogP contribution in [-0.4, -0.2) is 33.9 Å². The number of hydrogen-bond donors (Lipinski definition) is 2. The van der Waals surface area contributed by atoms with Gasteiger partial charge in [-0.25, -0.2) is 4.79 Å². The van der Waals surface area contributed by atoms with Crippen LogP contribution in [-0.2, 0) is 9.59 Å². The van der Waals surface area contributed by atoms with Gasteiger partial charge in [0.15, 0.2) is 29.6 Å². The van der Waals surface area contributed by atoms with E-state index in [1.807, 2.05) is 60.7 Å². The molecule has 5 rings (SSSR count). The third kappa shape index (κ3) is 6.03. The Bertz CT molecular complexity index is 1230. The zero-order chi connectivity index (χ0) is 23.1. The summed E-state index contributed by atoms with van der Waals surface area (Å²) in [5, 5.41) is 21.8. The number of esters is 1. The van der Waals surface area contributed by atoms with Gasteiger partial charge in [-0.15, -0.1) is 11.6 Å². The Hall–Kier alpha value is -3.48. The molecule has 0 fully saturated rings. The molecule has 0 spiro atoms. The van der Waals surface area contributed by atoms with Crippen LogP contribution in [0.15, 0.2) is 72.8 Å². The van der Waals surface area contributed by atoms with Gasteiger partial charge in [-0.05, 0) is 57.4 Å². The molecular formula is C24H18Cl2O6. The second-order valence-corrected chi connectivity index (χ2v) is 7.27. The lowest BCUT2D eigenvalue weighted by atomic mass is 10.1. The second kappa shape index (κ2) is 10.7. The van der Waals surface area contributed by atoms with Crippen LogP contribution in [0.25, 0.3) is 21.5 Å². The Balaban J connectivity index is 0.000000153. The van der Waals surface area contributed by atoms with Gasteiger partial charge in [-0.3, -0.25) is 4.79 Å². The maximum Gasteiger partial charge on any atom is 0.349 e. The largest absolute Gasteiger partial charge is 0.504 e. The van der Waals surface area contributed by atoms with E-state index in [1.54, 1.807) is 12.1 Å². The van der Waals surface area contributed by atoms with E-state index in [9.17, 15) is 9.59 Å². The fraction of sp³-hybridized carbons (Fsp3) is 0.0833. The van der Waals surface area contributed by atoms with Crippen molar-refractivity contribution >= 4 is 56.0 Å². The van der Waals surface area contributed by atoms with Gasteiger partial charge in [0.1, 0.15) is 0 Å². The first-order chi connectivity index (χ1) is 15.4. The Morgan fingerprint density at radius 3 is 1.66 bits per heavy atom. The molecule has 1 aliphatic heterocycles. The van der Waals surface area contributed by atoms with Crippen molar-refractivity contribution < 1.29 is 29.3 Å². The quantitative estimate of drug-likeness (QED) is 0.127. The summed E-state index contributed by atoms with van der Waals surface area (Å²) >= 11 is 9.55. The second-order valence-electron chi connectivity index (χ2n) is 6.59. The van der Waals surface area contributed by atoms with Crippen LogP contribution in [0.4, 0.5) is 0 Å². The minimum atomic E-state index is -0.508. The molecule has 32 heavy (non-hydrogen) atoms. The van der Waals surface area contributed by atoms with E-state index in [0.717, 1.165) is 21.5 Å². The van der Waals surface area contributed by atoms with Crippen LogP contribution in [0.2, 0.25) is 0 Å². The summed E-state index contributed by atoms with van der Waals surface area (Å²) in [5.41, 5.74) is 0. The maximum atomic E-state index is 11.0. The zero-order valence-corrected chi connectivity index (χ0v) is 18.1. The average Bonchev–Trinajstić information content (AvgIpc) is 2.79. The molecule has 1 heterocycles. The molecule has 4 aromatic rings. The van der Waals surface area contributed by atoms with Crippen molar-refractivity contribution in [1.82, 2.24) is 0 Å². The van der Waals surface area contributed by atoms with Crippen molar-refractivity contribution in [1.29, 1.82) is 0 Å². The van der Waals surface area contributed by atoms with Crippen LogP contribution in [0, 0.1) is 0 Å². The van der Waals surface area contributed by atoms with Crippen molar-refractivity contribution in [3.05, 3.63) is 72.8 Å². The fourth-order valence-electron chi connectivity index (χ4n) is 2.90. The Morgan fingerprint density at radius 2 is 1.22 bits per heavy atom. The number of hydrogen-bond acceptors (Lipinski definition) is 6. The van der Waals surface area contributed by atoms with E-state index in [0.29, 0.717) is 11.5 Å². The molecule has 0 atom stereocenters. The Kier molecular flexibility index (Phi) is 7.76. The Labute approximate surface area is 193 Å². The number of carbonyl (C=O) groups excluding carboxylic acids is 2. The third-order valence-electron chi connectivity index (χ3n) is 4.33. The van der Waals surface area contributed by atoms with Crippen molar-refractivity contribution in [3.8, 4) is 23.0 Å². The first-order valence-corrected chi connectivity index (χ1v) is 10.3. The predicted molar refractivity (Wildman–Crippen MR) is 124 cm³/mol. The topological polar surface area (TPSA) is 93.1 Å². The van der Waals surface area contributed by atoms with Crippen LogP contribution >= 0.6 is 23.2 Å². The smallest absolute Gasteiger partial charge is 0.349 e. The highest BCUT2D eigenvalue weighted by atomic mass is 35.5. The van der Waals surface area contributed by atoms with E-state index in [2.05, 4.69) is 0 Å². The summed E-state index contributed by atoms with van der Waals surface area (Å²) in [6.07, 6.45) is 0.